The van der Waals surface area contributed by atoms with Gasteiger partial charge in [0.05, 0.1) is 21.8 Å². The van der Waals surface area contributed by atoms with Gasteiger partial charge < -0.3 is 13.9 Å². The van der Waals surface area contributed by atoms with Gasteiger partial charge in [-0.25, -0.2) is 0 Å². The van der Waals surface area contributed by atoms with E-state index in [-0.39, 0.29) is 5.43 Å². The Balaban J connectivity index is 1.05. The predicted molar refractivity (Wildman–Crippen MR) is 276 cm³/mol. The van der Waals surface area contributed by atoms with Gasteiger partial charge in [0, 0.05) is 50.1 Å². The molecule has 0 spiro atoms. The van der Waals surface area contributed by atoms with Crippen molar-refractivity contribution in [3.63, 3.8) is 0 Å². The van der Waals surface area contributed by atoms with Crippen LogP contribution < -0.4 is 10.3 Å². The number of anilines is 3. The van der Waals surface area contributed by atoms with Crippen molar-refractivity contribution >= 4 is 60.8 Å². The van der Waals surface area contributed by atoms with Crippen LogP contribution >= 0.6 is 0 Å². The minimum Gasteiger partial charge on any atom is -0.455 e. The number of benzene rings is 10. The van der Waals surface area contributed by atoms with Gasteiger partial charge in [-0.15, -0.1) is 0 Å². The van der Waals surface area contributed by atoms with E-state index in [0.29, 0.717) is 21.9 Å². The normalized spacial score (nSPS) is 14.7. The molecule has 1 unspecified atom stereocenters. The molecule has 1 aliphatic carbocycles. The van der Waals surface area contributed by atoms with Crippen LogP contribution in [0.15, 0.2) is 234 Å². The van der Waals surface area contributed by atoms with Gasteiger partial charge in [0.15, 0.2) is 0 Å². The van der Waals surface area contributed by atoms with Crippen molar-refractivity contribution in [3.05, 3.63) is 251 Å². The minimum atomic E-state index is -0.435. The highest BCUT2D eigenvalue weighted by Crippen LogP contribution is 2.54. The summed E-state index contributed by atoms with van der Waals surface area (Å²) in [4.78, 5) is 16.8. The van der Waals surface area contributed by atoms with E-state index in [2.05, 4.69) is 217 Å². The van der Waals surface area contributed by atoms with E-state index < -0.39 is 5.41 Å². The third-order valence-corrected chi connectivity index (χ3v) is 14.6. The van der Waals surface area contributed by atoms with E-state index in [9.17, 15) is 4.79 Å². The summed E-state index contributed by atoms with van der Waals surface area (Å²) in [5.74, 6) is 0. The van der Waals surface area contributed by atoms with E-state index in [1.165, 1.54) is 33.4 Å². The maximum Gasteiger partial charge on any atom is 0.200 e. The summed E-state index contributed by atoms with van der Waals surface area (Å²) >= 11 is 0. The van der Waals surface area contributed by atoms with Crippen molar-refractivity contribution in [2.24, 2.45) is 0 Å². The van der Waals surface area contributed by atoms with Crippen molar-refractivity contribution in [1.29, 1.82) is 0 Å². The first-order valence-corrected chi connectivity index (χ1v) is 22.9. The molecule has 1 atom stereocenters. The molecule has 0 amide bonds. The highest BCUT2D eigenvalue weighted by molar-refractivity contribution is 6.11. The monoisotopic (exact) mass is 856 g/mol. The van der Waals surface area contributed by atoms with Gasteiger partial charge in [-0.2, -0.15) is 0 Å². The van der Waals surface area contributed by atoms with E-state index in [1.807, 2.05) is 24.3 Å². The zero-order valence-corrected chi connectivity index (χ0v) is 36.6. The van der Waals surface area contributed by atoms with Crippen LogP contribution in [-0.4, -0.2) is 4.57 Å². The summed E-state index contributed by atoms with van der Waals surface area (Å²) in [7, 11) is 0. The molecule has 4 aliphatic heterocycles. The molecule has 2 aromatic heterocycles. The highest BCUT2D eigenvalue weighted by Gasteiger charge is 2.41. The number of nitrogens with zero attached hydrogens (tertiary/aromatic N) is 2. The molecule has 314 valence electrons. The first kappa shape index (κ1) is 37.6. The Morgan fingerprint density at radius 2 is 0.910 bits per heavy atom. The number of hydrogen-bond acceptors (Lipinski definition) is 3. The second kappa shape index (κ2) is 14.1. The maximum atomic E-state index is 14.5. The van der Waals surface area contributed by atoms with Gasteiger partial charge in [-0.05, 0) is 136 Å². The molecule has 0 saturated carbocycles. The van der Waals surface area contributed by atoms with Crippen LogP contribution in [0.4, 0.5) is 17.1 Å². The highest BCUT2D eigenvalue weighted by atomic mass is 16.3. The average molecular weight is 857 g/mol. The number of fused-ring (bicyclic) bond motifs is 5. The van der Waals surface area contributed by atoms with Crippen molar-refractivity contribution in [1.82, 2.24) is 4.57 Å². The van der Waals surface area contributed by atoms with Crippen LogP contribution in [0.25, 0.3) is 93.9 Å². The molecular formula is C63H40N2O2. The Bertz CT molecular complexity index is 4050. The van der Waals surface area contributed by atoms with Crippen LogP contribution in [0, 0.1) is 0 Å². The molecule has 17 rings (SSSR count). The fourth-order valence-electron chi connectivity index (χ4n) is 11.3. The van der Waals surface area contributed by atoms with E-state index in [0.717, 1.165) is 72.4 Å². The average Bonchev–Trinajstić information content (AvgIpc) is 3.85. The summed E-state index contributed by atoms with van der Waals surface area (Å²) < 4.78 is 9.38. The van der Waals surface area contributed by atoms with Crippen molar-refractivity contribution in [2.75, 3.05) is 4.90 Å². The van der Waals surface area contributed by atoms with Crippen molar-refractivity contribution < 1.29 is 4.42 Å². The number of aromatic nitrogens is 1. The minimum absolute atomic E-state index is 0.0425. The lowest BCUT2D eigenvalue weighted by atomic mass is 9.74. The standard InChI is InChI=1S/C63H40N2O2/c1-63-43-26-32-46(33-27-43)65-58-20-8-6-14-52(58)55-37-42(25-36-59(55)65)49-16-10-18-54-60(66)53-17-9-15-48(61(53)67-62(49)54)41-23-30-45(31-24-41)64(44-28-21-40(22-29-44)39-11-3-2-4-12-39)47-34-35-51(57(63)38-47)50-13-5-7-19-56(50)63/h2-38H,1H3. The molecular weight excluding hydrogens is 817 g/mol. The van der Waals surface area contributed by atoms with Gasteiger partial charge in [0.25, 0.3) is 0 Å². The topological polar surface area (TPSA) is 38.4 Å². The maximum absolute atomic E-state index is 14.5. The van der Waals surface area contributed by atoms with Gasteiger partial charge in [-0.1, -0.05) is 146 Å². The first-order valence-electron chi connectivity index (χ1n) is 22.9. The summed E-state index contributed by atoms with van der Waals surface area (Å²) in [6, 6.07) is 80.3. The Hall–Kier alpha value is -8.73. The second-order valence-corrected chi connectivity index (χ2v) is 18.1. The summed E-state index contributed by atoms with van der Waals surface area (Å²) in [5, 5.41) is 3.42. The molecule has 4 heteroatoms. The van der Waals surface area contributed by atoms with Crippen LogP contribution in [0.2, 0.25) is 0 Å². The van der Waals surface area contributed by atoms with Gasteiger partial charge in [-0.3, -0.25) is 4.79 Å². The third-order valence-electron chi connectivity index (χ3n) is 14.6. The fraction of sp³-hybridized carbons (Fsp3) is 0.0317. The zero-order chi connectivity index (χ0) is 44.4. The number of hydrogen-bond donors (Lipinski definition) is 0. The number of rotatable bonds is 2. The molecule has 4 nitrogen and oxygen atoms in total. The summed E-state index contributed by atoms with van der Waals surface area (Å²) in [5.41, 5.74) is 19.5. The molecule has 0 fully saturated rings. The SMILES string of the molecule is CC12c3ccc(cc3)-n3c4ccccc4c4cc(ccc43)-c3cccc4c(=O)c5cccc(c5oc34)-c3ccc(cc3)N(c3ccc(-c4ccccc4)cc3)c3ccc(c1c3)-c1ccccc12. The first-order chi connectivity index (χ1) is 33.0. The van der Waals surface area contributed by atoms with Crippen LogP contribution in [0.5, 0.6) is 0 Å². The quantitative estimate of drug-likeness (QED) is 0.163. The van der Waals surface area contributed by atoms with Crippen molar-refractivity contribution in [3.8, 4) is 50.2 Å². The predicted octanol–water partition coefficient (Wildman–Crippen LogP) is 16.2. The molecule has 12 bridgehead atoms. The smallest absolute Gasteiger partial charge is 0.200 e. The van der Waals surface area contributed by atoms with Gasteiger partial charge in [0.2, 0.25) is 5.43 Å². The molecule has 0 saturated heterocycles. The molecule has 0 N–H and O–H groups in total. The Kier molecular flexibility index (Phi) is 7.94. The Morgan fingerprint density at radius 3 is 1.66 bits per heavy atom. The Labute approximate surface area is 386 Å². The lowest BCUT2D eigenvalue weighted by Gasteiger charge is -2.31. The molecule has 6 heterocycles. The lowest BCUT2D eigenvalue weighted by molar-refractivity contribution is 0.662. The van der Waals surface area contributed by atoms with Crippen LogP contribution in [0.1, 0.15) is 23.6 Å². The Morgan fingerprint density at radius 1 is 0.373 bits per heavy atom. The van der Waals surface area contributed by atoms with Gasteiger partial charge in [0.1, 0.15) is 11.2 Å². The summed E-state index contributed by atoms with van der Waals surface area (Å²) in [6.07, 6.45) is 0. The second-order valence-electron chi connectivity index (χ2n) is 18.1. The van der Waals surface area contributed by atoms with E-state index >= 15 is 0 Å². The van der Waals surface area contributed by atoms with Crippen LogP contribution in [-0.2, 0) is 5.41 Å². The summed E-state index contributed by atoms with van der Waals surface area (Å²) in [6.45, 7) is 2.39. The fourth-order valence-corrected chi connectivity index (χ4v) is 11.3. The lowest BCUT2D eigenvalue weighted by Crippen LogP contribution is -2.23. The van der Waals surface area contributed by atoms with Crippen molar-refractivity contribution in [2.45, 2.75) is 12.3 Å². The molecule has 12 aromatic rings. The largest absolute Gasteiger partial charge is 0.455 e. The molecule has 5 aliphatic rings. The van der Waals surface area contributed by atoms with E-state index in [1.54, 1.807) is 0 Å². The zero-order valence-electron chi connectivity index (χ0n) is 36.6. The number of para-hydroxylation sites is 3. The van der Waals surface area contributed by atoms with Gasteiger partial charge >= 0.3 is 0 Å². The molecule has 0 radical (unpaired) electrons. The molecule has 67 heavy (non-hydrogen) atoms. The van der Waals surface area contributed by atoms with Crippen LogP contribution in [0.3, 0.4) is 0 Å². The van der Waals surface area contributed by atoms with E-state index in [4.69, 9.17) is 4.42 Å². The molecule has 10 aromatic carbocycles. The third kappa shape index (κ3) is 5.44.